The molecule has 13 heavy (non-hydrogen) atoms. The van der Waals surface area contributed by atoms with Crippen LogP contribution in [0.25, 0.3) is 0 Å². The first-order valence-electron chi connectivity index (χ1n) is 4.35. The topological polar surface area (TPSA) is 47.3 Å². The Kier molecular flexibility index (Phi) is 3.31. The zero-order valence-electron chi connectivity index (χ0n) is 8.50. The van der Waals surface area contributed by atoms with Crippen LogP contribution in [-0.4, -0.2) is 24.2 Å². The van der Waals surface area contributed by atoms with Crippen LogP contribution in [0.4, 0.5) is 6.01 Å². The van der Waals surface area contributed by atoms with Gasteiger partial charge in [0.1, 0.15) is 6.26 Å². The first-order valence-corrected chi connectivity index (χ1v) is 4.35. The fourth-order valence-corrected chi connectivity index (χ4v) is 0.937. The Hall–Kier alpha value is -1.03. The SMILES string of the molecule is COC(C)[C@@H](C)Nc1nc(C)co1. The zero-order valence-corrected chi connectivity index (χ0v) is 8.50. The van der Waals surface area contributed by atoms with Gasteiger partial charge in [-0.25, -0.2) is 0 Å². The van der Waals surface area contributed by atoms with Crippen molar-refractivity contribution in [3.05, 3.63) is 12.0 Å². The van der Waals surface area contributed by atoms with Crippen LogP contribution >= 0.6 is 0 Å². The third kappa shape index (κ3) is 2.73. The molecule has 1 N–H and O–H groups in total. The number of rotatable bonds is 4. The lowest BCUT2D eigenvalue weighted by Gasteiger charge is -2.18. The lowest BCUT2D eigenvalue weighted by atomic mass is 10.2. The number of aromatic nitrogens is 1. The molecular weight excluding hydrogens is 168 g/mol. The van der Waals surface area contributed by atoms with Crippen molar-refractivity contribution in [2.45, 2.75) is 32.9 Å². The van der Waals surface area contributed by atoms with Crippen molar-refractivity contribution >= 4 is 6.01 Å². The van der Waals surface area contributed by atoms with Gasteiger partial charge in [-0.3, -0.25) is 0 Å². The quantitative estimate of drug-likeness (QED) is 0.775. The molecule has 0 spiro atoms. The molecule has 1 rings (SSSR count). The molecule has 1 unspecified atom stereocenters. The number of hydrogen-bond donors (Lipinski definition) is 1. The van der Waals surface area contributed by atoms with Crippen LogP contribution in [0, 0.1) is 6.92 Å². The van der Waals surface area contributed by atoms with E-state index in [4.69, 9.17) is 9.15 Å². The van der Waals surface area contributed by atoms with Gasteiger partial charge in [0, 0.05) is 7.11 Å². The van der Waals surface area contributed by atoms with Gasteiger partial charge < -0.3 is 14.5 Å². The van der Waals surface area contributed by atoms with E-state index < -0.39 is 0 Å². The molecule has 0 saturated heterocycles. The summed E-state index contributed by atoms with van der Waals surface area (Å²) < 4.78 is 10.3. The number of aryl methyl sites for hydroxylation is 1. The van der Waals surface area contributed by atoms with Gasteiger partial charge in [-0.2, -0.15) is 4.98 Å². The molecule has 4 heteroatoms. The number of anilines is 1. The third-order valence-corrected chi connectivity index (χ3v) is 2.05. The smallest absolute Gasteiger partial charge is 0.295 e. The van der Waals surface area contributed by atoms with Crippen molar-refractivity contribution in [3.8, 4) is 0 Å². The molecule has 4 nitrogen and oxygen atoms in total. The van der Waals surface area contributed by atoms with E-state index in [1.807, 2.05) is 20.8 Å². The van der Waals surface area contributed by atoms with Crippen molar-refractivity contribution in [1.82, 2.24) is 4.98 Å². The molecule has 0 bridgehead atoms. The summed E-state index contributed by atoms with van der Waals surface area (Å²) in [5.74, 6) is 0. The van der Waals surface area contributed by atoms with Crippen LogP contribution in [0.2, 0.25) is 0 Å². The molecule has 0 saturated carbocycles. The average molecular weight is 184 g/mol. The minimum Gasteiger partial charge on any atom is -0.432 e. The van der Waals surface area contributed by atoms with Gasteiger partial charge in [0.2, 0.25) is 0 Å². The van der Waals surface area contributed by atoms with Crippen molar-refractivity contribution in [1.29, 1.82) is 0 Å². The van der Waals surface area contributed by atoms with E-state index in [9.17, 15) is 0 Å². The minimum atomic E-state index is 0.132. The van der Waals surface area contributed by atoms with Gasteiger partial charge in [-0.05, 0) is 20.8 Å². The van der Waals surface area contributed by atoms with Crippen LogP contribution in [0.5, 0.6) is 0 Å². The maximum atomic E-state index is 5.16. The van der Waals surface area contributed by atoms with E-state index in [2.05, 4.69) is 10.3 Å². The standard InChI is InChI=1S/C9H16N2O2/c1-6-5-13-9(10-6)11-7(2)8(3)12-4/h5,7-8H,1-4H3,(H,10,11)/t7-,8?/m1/s1. The highest BCUT2D eigenvalue weighted by atomic mass is 16.5. The first-order chi connectivity index (χ1) is 6.13. The summed E-state index contributed by atoms with van der Waals surface area (Å²) in [5, 5.41) is 3.11. The Morgan fingerprint density at radius 2 is 2.23 bits per heavy atom. The molecule has 0 aliphatic rings. The number of nitrogens with one attached hydrogen (secondary N) is 1. The lowest BCUT2D eigenvalue weighted by molar-refractivity contribution is 0.105. The maximum absolute atomic E-state index is 5.16. The second-order valence-corrected chi connectivity index (χ2v) is 3.17. The highest BCUT2D eigenvalue weighted by Crippen LogP contribution is 2.09. The van der Waals surface area contributed by atoms with Gasteiger partial charge in [-0.1, -0.05) is 0 Å². The largest absolute Gasteiger partial charge is 0.432 e. The Morgan fingerprint density at radius 1 is 1.54 bits per heavy atom. The fourth-order valence-electron chi connectivity index (χ4n) is 0.937. The van der Waals surface area contributed by atoms with Gasteiger partial charge >= 0.3 is 0 Å². The van der Waals surface area contributed by atoms with E-state index in [1.54, 1.807) is 13.4 Å². The first kappa shape index (κ1) is 10.1. The van der Waals surface area contributed by atoms with Crippen LogP contribution in [-0.2, 0) is 4.74 Å². The van der Waals surface area contributed by atoms with Crippen molar-refractivity contribution in [2.24, 2.45) is 0 Å². The van der Waals surface area contributed by atoms with E-state index in [1.165, 1.54) is 0 Å². The Labute approximate surface area is 78.3 Å². The average Bonchev–Trinajstić information content (AvgIpc) is 2.49. The van der Waals surface area contributed by atoms with E-state index in [0.29, 0.717) is 6.01 Å². The molecule has 0 radical (unpaired) electrons. The summed E-state index contributed by atoms with van der Waals surface area (Å²) in [7, 11) is 1.68. The summed E-state index contributed by atoms with van der Waals surface area (Å²) in [4.78, 5) is 4.13. The monoisotopic (exact) mass is 184 g/mol. The Bertz CT molecular complexity index is 260. The molecule has 0 fully saturated rings. The van der Waals surface area contributed by atoms with Gasteiger partial charge in [0.15, 0.2) is 0 Å². The second-order valence-electron chi connectivity index (χ2n) is 3.17. The molecular formula is C9H16N2O2. The minimum absolute atomic E-state index is 0.132. The molecule has 1 aromatic heterocycles. The molecule has 1 heterocycles. The number of oxazole rings is 1. The molecule has 0 amide bonds. The van der Waals surface area contributed by atoms with Gasteiger partial charge in [0.25, 0.3) is 6.01 Å². The maximum Gasteiger partial charge on any atom is 0.295 e. The van der Waals surface area contributed by atoms with Gasteiger partial charge in [-0.15, -0.1) is 0 Å². The molecule has 0 aromatic carbocycles. The van der Waals surface area contributed by atoms with Crippen molar-refractivity contribution in [2.75, 3.05) is 12.4 Å². The summed E-state index contributed by atoms with van der Waals surface area (Å²) in [5.41, 5.74) is 0.875. The second kappa shape index (κ2) is 4.28. The molecule has 2 atom stereocenters. The van der Waals surface area contributed by atoms with E-state index in [0.717, 1.165) is 5.69 Å². The summed E-state index contributed by atoms with van der Waals surface area (Å²) in [6, 6.07) is 0.733. The number of nitrogens with zero attached hydrogens (tertiary/aromatic N) is 1. The number of ether oxygens (including phenoxy) is 1. The normalized spacial score (nSPS) is 15.4. The Morgan fingerprint density at radius 3 is 2.69 bits per heavy atom. The summed E-state index contributed by atoms with van der Waals surface area (Å²) >= 11 is 0. The van der Waals surface area contributed by atoms with Gasteiger partial charge in [0.05, 0.1) is 17.8 Å². The predicted octanol–water partition coefficient (Wildman–Crippen LogP) is 1.82. The molecule has 0 aliphatic carbocycles. The lowest BCUT2D eigenvalue weighted by Crippen LogP contribution is -2.29. The predicted molar refractivity (Wildman–Crippen MR) is 50.8 cm³/mol. The highest BCUT2D eigenvalue weighted by Gasteiger charge is 2.12. The molecule has 0 aliphatic heterocycles. The fraction of sp³-hybridized carbons (Fsp3) is 0.667. The summed E-state index contributed by atoms with van der Waals surface area (Å²) in [6.45, 7) is 5.90. The van der Waals surface area contributed by atoms with Crippen molar-refractivity contribution < 1.29 is 9.15 Å². The number of hydrogen-bond acceptors (Lipinski definition) is 4. The molecule has 74 valence electrons. The van der Waals surface area contributed by atoms with Crippen LogP contribution < -0.4 is 5.32 Å². The Balaban J connectivity index is 2.49. The highest BCUT2D eigenvalue weighted by molar-refractivity contribution is 5.22. The van der Waals surface area contributed by atoms with Crippen LogP contribution in [0.1, 0.15) is 19.5 Å². The number of methoxy groups -OCH3 is 1. The third-order valence-electron chi connectivity index (χ3n) is 2.05. The van der Waals surface area contributed by atoms with Crippen LogP contribution in [0.15, 0.2) is 10.7 Å². The van der Waals surface area contributed by atoms with E-state index >= 15 is 0 Å². The summed E-state index contributed by atoms with van der Waals surface area (Å²) in [6.07, 6.45) is 1.75. The van der Waals surface area contributed by atoms with Crippen LogP contribution in [0.3, 0.4) is 0 Å². The van der Waals surface area contributed by atoms with E-state index in [-0.39, 0.29) is 12.1 Å². The zero-order chi connectivity index (χ0) is 9.84. The van der Waals surface area contributed by atoms with Crippen molar-refractivity contribution in [3.63, 3.8) is 0 Å². The molecule has 1 aromatic rings.